The normalized spacial score (nSPS) is 13.8. The van der Waals surface area contributed by atoms with E-state index in [2.05, 4.69) is 12.2 Å². The number of aryl methyl sites for hydroxylation is 1. The summed E-state index contributed by atoms with van der Waals surface area (Å²) >= 11 is 1.45. The van der Waals surface area contributed by atoms with Crippen LogP contribution in [0.25, 0.3) is 0 Å². The van der Waals surface area contributed by atoms with E-state index in [1.165, 1.54) is 11.3 Å². The Morgan fingerprint density at radius 2 is 1.95 bits per heavy atom. The molecule has 4 nitrogen and oxygen atoms in total. The molecule has 0 unspecified atom stereocenters. The minimum Gasteiger partial charge on any atom is -0.478 e. The van der Waals surface area contributed by atoms with E-state index in [0.29, 0.717) is 17.0 Å². The van der Waals surface area contributed by atoms with E-state index in [1.807, 2.05) is 0 Å². The van der Waals surface area contributed by atoms with Crippen molar-refractivity contribution in [3.8, 4) is 0 Å². The molecule has 0 aromatic carbocycles. The Morgan fingerprint density at radius 3 is 2.67 bits per heavy atom. The molecule has 0 bridgehead atoms. The van der Waals surface area contributed by atoms with E-state index in [0.717, 1.165) is 61.8 Å². The van der Waals surface area contributed by atoms with Gasteiger partial charge in [-0.3, -0.25) is 4.79 Å². The van der Waals surface area contributed by atoms with Gasteiger partial charge in [-0.1, -0.05) is 26.2 Å². The number of carboxylic acid groups (broad SMARTS) is 1. The fraction of sp³-hybridized carbons (Fsp3) is 0.625. The third kappa shape index (κ3) is 4.06. The fourth-order valence-electron chi connectivity index (χ4n) is 2.78. The molecule has 0 atom stereocenters. The predicted octanol–water partition coefficient (Wildman–Crippen LogP) is 4.23. The molecule has 0 fully saturated rings. The van der Waals surface area contributed by atoms with Crippen molar-refractivity contribution in [2.24, 2.45) is 0 Å². The molecule has 1 aromatic heterocycles. The van der Waals surface area contributed by atoms with Crippen molar-refractivity contribution in [1.29, 1.82) is 0 Å². The maximum Gasteiger partial charge on any atom is 0.339 e. The molecule has 1 heterocycles. The summed E-state index contributed by atoms with van der Waals surface area (Å²) in [6.07, 6.45) is 8.58. The van der Waals surface area contributed by atoms with Crippen LogP contribution in [0.15, 0.2) is 0 Å². The average Bonchev–Trinajstić information content (AvgIpc) is 2.81. The highest BCUT2D eigenvalue weighted by molar-refractivity contribution is 7.17. The number of thiophene rings is 1. The van der Waals surface area contributed by atoms with Gasteiger partial charge in [-0.05, 0) is 37.7 Å². The molecule has 5 heteroatoms. The van der Waals surface area contributed by atoms with Crippen LogP contribution in [0.1, 0.15) is 72.7 Å². The van der Waals surface area contributed by atoms with Gasteiger partial charge in [0, 0.05) is 11.3 Å². The zero-order chi connectivity index (χ0) is 15.2. The number of carbonyl (C=O) groups is 2. The van der Waals surface area contributed by atoms with Crippen LogP contribution in [0, 0.1) is 0 Å². The molecule has 1 aromatic rings. The number of amides is 1. The van der Waals surface area contributed by atoms with E-state index in [9.17, 15) is 14.7 Å². The van der Waals surface area contributed by atoms with E-state index < -0.39 is 5.97 Å². The second-order valence-electron chi connectivity index (χ2n) is 5.58. The predicted molar refractivity (Wildman–Crippen MR) is 85.3 cm³/mol. The smallest absolute Gasteiger partial charge is 0.339 e. The molecule has 0 aliphatic heterocycles. The van der Waals surface area contributed by atoms with Crippen LogP contribution < -0.4 is 5.32 Å². The number of carboxylic acids is 1. The maximum atomic E-state index is 12.0. The van der Waals surface area contributed by atoms with Crippen LogP contribution in [0.4, 0.5) is 5.00 Å². The van der Waals surface area contributed by atoms with Gasteiger partial charge in [0.05, 0.1) is 5.56 Å². The number of fused-ring (bicyclic) bond motifs is 1. The van der Waals surface area contributed by atoms with Crippen molar-refractivity contribution >= 4 is 28.2 Å². The summed E-state index contributed by atoms with van der Waals surface area (Å²) in [5.74, 6) is -0.983. The first-order valence-electron chi connectivity index (χ1n) is 7.81. The number of hydrogen-bond acceptors (Lipinski definition) is 3. The lowest BCUT2D eigenvalue weighted by atomic mass is 9.95. The van der Waals surface area contributed by atoms with E-state index in [1.54, 1.807) is 0 Å². The summed E-state index contributed by atoms with van der Waals surface area (Å²) in [7, 11) is 0. The summed E-state index contributed by atoms with van der Waals surface area (Å²) < 4.78 is 0. The minimum absolute atomic E-state index is 0.0628. The van der Waals surface area contributed by atoms with Crippen molar-refractivity contribution in [2.75, 3.05) is 5.32 Å². The van der Waals surface area contributed by atoms with Gasteiger partial charge in [0.15, 0.2) is 0 Å². The standard InChI is InChI=1S/C16H23NO3S/c1-2-3-4-5-10-13(18)17-15-14(16(19)20)11-8-6-7-9-12(11)21-15/h2-10H2,1H3,(H,17,18)(H,19,20). The fourth-order valence-corrected chi connectivity index (χ4v) is 4.08. The highest BCUT2D eigenvalue weighted by Gasteiger charge is 2.25. The van der Waals surface area contributed by atoms with Crippen LogP contribution in [-0.4, -0.2) is 17.0 Å². The maximum absolute atomic E-state index is 12.0. The van der Waals surface area contributed by atoms with E-state index >= 15 is 0 Å². The first kappa shape index (κ1) is 16.0. The monoisotopic (exact) mass is 309 g/mol. The molecular formula is C16H23NO3S. The highest BCUT2D eigenvalue weighted by Crippen LogP contribution is 2.38. The molecule has 21 heavy (non-hydrogen) atoms. The number of hydrogen-bond donors (Lipinski definition) is 2. The van der Waals surface area contributed by atoms with Gasteiger partial charge in [0.1, 0.15) is 5.00 Å². The van der Waals surface area contributed by atoms with Crippen molar-refractivity contribution in [3.05, 3.63) is 16.0 Å². The molecule has 2 rings (SSSR count). The van der Waals surface area contributed by atoms with Gasteiger partial charge >= 0.3 is 5.97 Å². The summed E-state index contributed by atoms with van der Waals surface area (Å²) in [5.41, 5.74) is 1.27. The number of anilines is 1. The lowest BCUT2D eigenvalue weighted by molar-refractivity contribution is -0.116. The summed E-state index contributed by atoms with van der Waals surface area (Å²) in [6, 6.07) is 0. The SMILES string of the molecule is CCCCCCC(=O)Nc1sc2c(c1C(=O)O)CCCC2. The zero-order valence-electron chi connectivity index (χ0n) is 12.5. The molecule has 1 aliphatic rings. The summed E-state index contributed by atoms with van der Waals surface area (Å²) in [6.45, 7) is 2.13. The Hall–Kier alpha value is -1.36. The van der Waals surface area contributed by atoms with E-state index in [-0.39, 0.29) is 5.91 Å². The average molecular weight is 309 g/mol. The Labute approximate surface area is 129 Å². The van der Waals surface area contributed by atoms with Crippen LogP contribution in [0.5, 0.6) is 0 Å². The minimum atomic E-state index is -0.921. The Kier molecular flexibility index (Phi) is 5.79. The highest BCUT2D eigenvalue weighted by atomic mass is 32.1. The van der Waals surface area contributed by atoms with Crippen molar-refractivity contribution in [3.63, 3.8) is 0 Å². The van der Waals surface area contributed by atoms with Crippen LogP contribution in [0.2, 0.25) is 0 Å². The van der Waals surface area contributed by atoms with Crippen LogP contribution in [-0.2, 0) is 17.6 Å². The van der Waals surface area contributed by atoms with Crippen molar-refractivity contribution < 1.29 is 14.7 Å². The number of unbranched alkanes of at least 4 members (excludes halogenated alkanes) is 3. The molecule has 0 radical (unpaired) electrons. The van der Waals surface area contributed by atoms with Gasteiger partial charge in [0.2, 0.25) is 5.91 Å². The second kappa shape index (κ2) is 7.59. The summed E-state index contributed by atoms with van der Waals surface area (Å²) in [5, 5.41) is 12.8. The molecule has 1 amide bonds. The van der Waals surface area contributed by atoms with Gasteiger partial charge in [0.25, 0.3) is 0 Å². The van der Waals surface area contributed by atoms with E-state index in [4.69, 9.17) is 0 Å². The first-order valence-corrected chi connectivity index (χ1v) is 8.62. The summed E-state index contributed by atoms with van der Waals surface area (Å²) in [4.78, 5) is 24.6. The zero-order valence-corrected chi connectivity index (χ0v) is 13.4. The van der Waals surface area contributed by atoms with Gasteiger partial charge in [-0.2, -0.15) is 0 Å². The number of nitrogens with one attached hydrogen (secondary N) is 1. The largest absolute Gasteiger partial charge is 0.478 e. The third-order valence-corrected chi connectivity index (χ3v) is 5.10. The topological polar surface area (TPSA) is 66.4 Å². The molecule has 1 aliphatic carbocycles. The van der Waals surface area contributed by atoms with Gasteiger partial charge in [-0.15, -0.1) is 11.3 Å². The number of carbonyl (C=O) groups excluding carboxylic acids is 1. The Balaban J connectivity index is 2.04. The second-order valence-corrected chi connectivity index (χ2v) is 6.68. The lowest BCUT2D eigenvalue weighted by Gasteiger charge is -2.10. The Morgan fingerprint density at radius 1 is 1.19 bits per heavy atom. The number of rotatable bonds is 7. The molecule has 0 saturated heterocycles. The van der Waals surface area contributed by atoms with Crippen molar-refractivity contribution in [2.45, 2.75) is 64.7 Å². The quantitative estimate of drug-likeness (QED) is 0.741. The Bertz CT molecular complexity index is 522. The molecule has 2 N–H and O–H groups in total. The molecule has 116 valence electrons. The number of aromatic carboxylic acids is 1. The molecular weight excluding hydrogens is 286 g/mol. The molecule has 0 spiro atoms. The van der Waals surface area contributed by atoms with Crippen molar-refractivity contribution in [1.82, 2.24) is 0 Å². The van der Waals surface area contributed by atoms with Crippen LogP contribution in [0.3, 0.4) is 0 Å². The third-order valence-electron chi connectivity index (χ3n) is 3.90. The van der Waals surface area contributed by atoms with Gasteiger partial charge in [-0.25, -0.2) is 4.79 Å². The van der Waals surface area contributed by atoms with Crippen LogP contribution >= 0.6 is 11.3 Å². The lowest BCUT2D eigenvalue weighted by Crippen LogP contribution is -2.13. The van der Waals surface area contributed by atoms with Gasteiger partial charge < -0.3 is 10.4 Å². The first-order chi connectivity index (χ1) is 10.1. The molecule has 0 saturated carbocycles.